The van der Waals surface area contributed by atoms with Crippen LogP contribution >= 0.6 is 0 Å². The van der Waals surface area contributed by atoms with Gasteiger partial charge in [-0.15, -0.1) is 0 Å². The summed E-state index contributed by atoms with van der Waals surface area (Å²) in [6.07, 6.45) is -4.41. The van der Waals surface area contributed by atoms with Gasteiger partial charge < -0.3 is 5.73 Å². The van der Waals surface area contributed by atoms with Gasteiger partial charge in [0.2, 0.25) is 0 Å². The van der Waals surface area contributed by atoms with Gasteiger partial charge in [-0.25, -0.2) is 4.68 Å². The largest absolute Gasteiger partial charge is 0.417 e. The molecule has 0 saturated heterocycles. The summed E-state index contributed by atoms with van der Waals surface area (Å²) in [7, 11) is 0. The molecule has 1 aromatic heterocycles. The first-order valence-corrected chi connectivity index (χ1v) is 5.82. The fraction of sp³-hybridized carbons (Fsp3) is 0.308. The summed E-state index contributed by atoms with van der Waals surface area (Å²) in [4.78, 5) is 0. The summed E-state index contributed by atoms with van der Waals surface area (Å²) in [5.41, 5.74) is 5.33. The van der Waals surface area contributed by atoms with Crippen LogP contribution in [0.15, 0.2) is 30.3 Å². The maximum absolute atomic E-state index is 12.9. The molecule has 0 saturated carbocycles. The number of benzene rings is 1. The van der Waals surface area contributed by atoms with Crippen LogP contribution in [0.25, 0.3) is 11.3 Å². The quantitative estimate of drug-likeness (QED) is 0.902. The fourth-order valence-electron chi connectivity index (χ4n) is 1.91. The van der Waals surface area contributed by atoms with Gasteiger partial charge in [-0.3, -0.25) is 0 Å². The predicted octanol–water partition coefficient (Wildman–Crippen LogP) is 3.73. The second-order valence-electron chi connectivity index (χ2n) is 4.54. The Morgan fingerprint density at radius 2 is 1.84 bits per heavy atom. The number of hydrogen-bond acceptors (Lipinski definition) is 2. The first-order chi connectivity index (χ1) is 8.80. The molecule has 0 aliphatic heterocycles. The van der Waals surface area contributed by atoms with Crippen molar-refractivity contribution in [1.29, 1.82) is 0 Å². The summed E-state index contributed by atoms with van der Waals surface area (Å²) < 4.78 is 40.3. The van der Waals surface area contributed by atoms with Crippen molar-refractivity contribution in [3.05, 3.63) is 35.9 Å². The van der Waals surface area contributed by atoms with E-state index >= 15 is 0 Å². The molecule has 0 spiro atoms. The van der Waals surface area contributed by atoms with Gasteiger partial charge in [0.1, 0.15) is 5.82 Å². The monoisotopic (exact) mass is 269 g/mol. The average molecular weight is 269 g/mol. The molecule has 3 nitrogen and oxygen atoms in total. The molecule has 2 rings (SSSR count). The molecule has 102 valence electrons. The Kier molecular flexibility index (Phi) is 3.26. The van der Waals surface area contributed by atoms with Crippen molar-refractivity contribution < 1.29 is 13.2 Å². The minimum atomic E-state index is -4.41. The molecular formula is C13H14F3N3. The van der Waals surface area contributed by atoms with E-state index in [0.717, 1.165) is 6.07 Å². The van der Waals surface area contributed by atoms with Crippen LogP contribution < -0.4 is 5.73 Å². The highest BCUT2D eigenvalue weighted by molar-refractivity contribution is 5.66. The average Bonchev–Trinajstić information content (AvgIpc) is 2.70. The van der Waals surface area contributed by atoms with E-state index < -0.39 is 11.7 Å². The molecule has 0 aliphatic carbocycles. The van der Waals surface area contributed by atoms with Crippen molar-refractivity contribution in [3.63, 3.8) is 0 Å². The van der Waals surface area contributed by atoms with E-state index in [0.29, 0.717) is 5.82 Å². The minimum Gasteiger partial charge on any atom is -0.384 e. The second-order valence-corrected chi connectivity index (χ2v) is 4.54. The predicted molar refractivity (Wildman–Crippen MR) is 67.5 cm³/mol. The van der Waals surface area contributed by atoms with Crippen molar-refractivity contribution in [3.8, 4) is 11.3 Å². The van der Waals surface area contributed by atoms with Gasteiger partial charge >= 0.3 is 6.18 Å². The van der Waals surface area contributed by atoms with Crippen LogP contribution in [0.5, 0.6) is 0 Å². The molecule has 1 heterocycles. The third-order valence-electron chi connectivity index (χ3n) is 2.76. The molecule has 0 atom stereocenters. The molecule has 2 N–H and O–H groups in total. The van der Waals surface area contributed by atoms with Crippen molar-refractivity contribution in [2.45, 2.75) is 26.1 Å². The molecule has 1 aromatic carbocycles. The molecular weight excluding hydrogens is 255 g/mol. The van der Waals surface area contributed by atoms with E-state index in [1.807, 2.05) is 13.8 Å². The lowest BCUT2D eigenvalue weighted by molar-refractivity contribution is -0.137. The number of nitrogen functional groups attached to an aromatic ring is 1. The van der Waals surface area contributed by atoms with Crippen LogP contribution in [0.2, 0.25) is 0 Å². The number of aromatic nitrogens is 2. The SMILES string of the molecule is CC(C)n1nc(-c2ccccc2C(F)(F)F)cc1N. The summed E-state index contributed by atoms with van der Waals surface area (Å²) in [6, 6.07) is 6.80. The Morgan fingerprint density at radius 3 is 2.37 bits per heavy atom. The van der Waals surface area contributed by atoms with E-state index in [-0.39, 0.29) is 17.3 Å². The molecule has 0 fully saturated rings. The van der Waals surface area contributed by atoms with Crippen LogP contribution in [0, 0.1) is 0 Å². The fourth-order valence-corrected chi connectivity index (χ4v) is 1.91. The van der Waals surface area contributed by atoms with Crippen molar-refractivity contribution in [1.82, 2.24) is 9.78 Å². The zero-order valence-corrected chi connectivity index (χ0v) is 10.6. The van der Waals surface area contributed by atoms with Crippen LogP contribution in [-0.2, 0) is 6.18 Å². The van der Waals surface area contributed by atoms with Crippen molar-refractivity contribution in [2.24, 2.45) is 0 Å². The Bertz CT molecular complexity index is 585. The van der Waals surface area contributed by atoms with Crippen LogP contribution in [0.4, 0.5) is 19.0 Å². The summed E-state index contributed by atoms with van der Waals surface area (Å²) >= 11 is 0. The third kappa shape index (κ3) is 2.57. The number of halogens is 3. The maximum atomic E-state index is 12.9. The van der Waals surface area contributed by atoms with E-state index in [1.165, 1.54) is 22.9 Å². The zero-order chi connectivity index (χ0) is 14.2. The molecule has 19 heavy (non-hydrogen) atoms. The number of alkyl halides is 3. The molecule has 0 amide bonds. The smallest absolute Gasteiger partial charge is 0.384 e. The van der Waals surface area contributed by atoms with E-state index in [1.54, 1.807) is 6.07 Å². The minimum absolute atomic E-state index is 0.00759. The number of rotatable bonds is 2. The number of nitrogens with two attached hydrogens (primary N) is 1. The van der Waals surface area contributed by atoms with Crippen LogP contribution in [0.3, 0.4) is 0 Å². The van der Waals surface area contributed by atoms with Crippen molar-refractivity contribution >= 4 is 5.82 Å². The Hall–Kier alpha value is -1.98. The number of anilines is 1. The summed E-state index contributed by atoms with van der Waals surface area (Å²) in [5, 5.41) is 4.15. The van der Waals surface area contributed by atoms with Gasteiger partial charge in [0.05, 0.1) is 11.3 Å². The Balaban J connectivity index is 2.57. The van der Waals surface area contributed by atoms with Gasteiger partial charge in [0.15, 0.2) is 0 Å². The van der Waals surface area contributed by atoms with Gasteiger partial charge in [0, 0.05) is 17.7 Å². The Labute approximate surface area is 108 Å². The highest BCUT2D eigenvalue weighted by atomic mass is 19.4. The second kappa shape index (κ2) is 4.60. The summed E-state index contributed by atoms with van der Waals surface area (Å²) in [5.74, 6) is 0.349. The van der Waals surface area contributed by atoms with Crippen molar-refractivity contribution in [2.75, 3.05) is 5.73 Å². The maximum Gasteiger partial charge on any atom is 0.417 e. The lowest BCUT2D eigenvalue weighted by Gasteiger charge is -2.11. The summed E-state index contributed by atoms with van der Waals surface area (Å²) in [6.45, 7) is 3.73. The van der Waals surface area contributed by atoms with E-state index in [9.17, 15) is 13.2 Å². The van der Waals surface area contributed by atoms with Gasteiger partial charge in [0.25, 0.3) is 0 Å². The number of nitrogens with zero attached hydrogens (tertiary/aromatic N) is 2. The Morgan fingerprint density at radius 1 is 1.21 bits per heavy atom. The molecule has 6 heteroatoms. The van der Waals surface area contributed by atoms with E-state index in [4.69, 9.17) is 5.73 Å². The zero-order valence-electron chi connectivity index (χ0n) is 10.6. The molecule has 0 radical (unpaired) electrons. The van der Waals surface area contributed by atoms with E-state index in [2.05, 4.69) is 5.10 Å². The normalized spacial score (nSPS) is 12.1. The van der Waals surface area contributed by atoms with Gasteiger partial charge in [-0.05, 0) is 19.9 Å². The number of hydrogen-bond donors (Lipinski definition) is 1. The third-order valence-corrected chi connectivity index (χ3v) is 2.76. The van der Waals surface area contributed by atoms with Gasteiger partial charge in [-0.2, -0.15) is 18.3 Å². The topological polar surface area (TPSA) is 43.8 Å². The molecule has 0 unspecified atom stereocenters. The highest BCUT2D eigenvalue weighted by Gasteiger charge is 2.34. The molecule has 0 aliphatic rings. The van der Waals surface area contributed by atoms with Crippen LogP contribution in [0.1, 0.15) is 25.5 Å². The molecule has 0 bridgehead atoms. The molecule has 2 aromatic rings. The highest BCUT2D eigenvalue weighted by Crippen LogP contribution is 2.37. The lowest BCUT2D eigenvalue weighted by Crippen LogP contribution is -2.08. The van der Waals surface area contributed by atoms with Gasteiger partial charge in [-0.1, -0.05) is 18.2 Å². The lowest BCUT2D eigenvalue weighted by atomic mass is 10.0. The first-order valence-electron chi connectivity index (χ1n) is 5.82. The standard InChI is InChI=1S/C13H14F3N3/c1-8(2)19-12(17)7-11(18-19)9-5-3-4-6-10(9)13(14,15)16/h3-8H,17H2,1-2H3. The first kappa shape index (κ1) is 13.5. The van der Waals surface area contributed by atoms with Crippen LogP contribution in [-0.4, -0.2) is 9.78 Å².